The summed E-state index contributed by atoms with van der Waals surface area (Å²) in [6, 6.07) is 9.06. The zero-order valence-corrected chi connectivity index (χ0v) is 18.0. The molecule has 1 aromatic heterocycles. The summed E-state index contributed by atoms with van der Waals surface area (Å²) >= 11 is 0. The van der Waals surface area contributed by atoms with Gasteiger partial charge in [0.15, 0.2) is 0 Å². The van der Waals surface area contributed by atoms with E-state index < -0.39 is 15.8 Å². The molecule has 2 aromatic carbocycles. The van der Waals surface area contributed by atoms with Gasteiger partial charge < -0.3 is 10.4 Å². The summed E-state index contributed by atoms with van der Waals surface area (Å²) in [5.41, 5.74) is 2.47. The Morgan fingerprint density at radius 1 is 1.29 bits per heavy atom. The number of hydrogen-bond acceptors (Lipinski definition) is 5. The largest absolute Gasteiger partial charge is 0.394 e. The fourth-order valence-electron chi connectivity index (χ4n) is 3.74. The predicted molar refractivity (Wildman–Crippen MR) is 116 cm³/mol. The zero-order valence-electron chi connectivity index (χ0n) is 17.2. The Labute approximate surface area is 179 Å². The van der Waals surface area contributed by atoms with Crippen LogP contribution in [0, 0.1) is 5.82 Å². The number of hydrogen-bond donors (Lipinski definition) is 2. The Bertz CT molecular complexity index is 1250. The SMILES string of the molecule is CNC(=O)c1c2cc(C3CC3)c(N(CCO)S(C)(=O)=O)cc2nn1-c1ccc(F)cc1. The number of fused-ring (bicyclic) bond motifs is 1. The number of nitrogens with one attached hydrogen (secondary N) is 1. The van der Waals surface area contributed by atoms with E-state index in [4.69, 9.17) is 0 Å². The molecular formula is C21H23FN4O4S. The average Bonchev–Trinajstić information content (AvgIpc) is 3.51. The fraction of sp³-hybridized carbons (Fsp3) is 0.333. The molecule has 0 atom stereocenters. The lowest BCUT2D eigenvalue weighted by molar-refractivity contribution is 0.0957. The third-order valence-corrected chi connectivity index (χ3v) is 6.50. The van der Waals surface area contributed by atoms with Crippen LogP contribution in [0.25, 0.3) is 16.6 Å². The molecule has 0 saturated heterocycles. The van der Waals surface area contributed by atoms with Gasteiger partial charge in [-0.15, -0.1) is 0 Å². The van der Waals surface area contributed by atoms with Crippen LogP contribution < -0.4 is 9.62 Å². The van der Waals surface area contributed by atoms with E-state index in [0.29, 0.717) is 22.3 Å². The second kappa shape index (κ2) is 7.93. The molecule has 0 spiro atoms. The highest BCUT2D eigenvalue weighted by Gasteiger charge is 2.32. The number of aliphatic hydroxyl groups is 1. The second-order valence-corrected chi connectivity index (χ2v) is 9.48. The van der Waals surface area contributed by atoms with Gasteiger partial charge in [-0.05, 0) is 60.7 Å². The van der Waals surface area contributed by atoms with Crippen molar-refractivity contribution in [1.29, 1.82) is 0 Å². The molecule has 1 aliphatic rings. The summed E-state index contributed by atoms with van der Waals surface area (Å²) in [5, 5.41) is 17.2. The van der Waals surface area contributed by atoms with Gasteiger partial charge in [-0.2, -0.15) is 5.10 Å². The molecule has 0 radical (unpaired) electrons. The van der Waals surface area contributed by atoms with Crippen LogP contribution in [0.5, 0.6) is 0 Å². The molecule has 4 rings (SSSR count). The smallest absolute Gasteiger partial charge is 0.270 e. The van der Waals surface area contributed by atoms with Crippen LogP contribution in [0.15, 0.2) is 36.4 Å². The van der Waals surface area contributed by atoms with Crippen molar-refractivity contribution >= 4 is 32.5 Å². The maximum atomic E-state index is 13.4. The van der Waals surface area contributed by atoms with Gasteiger partial charge >= 0.3 is 0 Å². The molecule has 0 bridgehead atoms. The highest BCUT2D eigenvalue weighted by Crippen LogP contribution is 2.46. The molecule has 8 nitrogen and oxygen atoms in total. The standard InChI is InChI=1S/C21H23FN4O4S/c1-23-21(28)20-17-11-16(13-3-4-13)19(25(9-10-27)31(2,29)30)12-18(17)24-26(20)15-7-5-14(22)6-8-15/h5-8,11-13,27H,3-4,9-10H2,1-2H3,(H,23,28). The molecule has 1 heterocycles. The number of rotatable bonds is 7. The Hall–Kier alpha value is -2.98. The van der Waals surface area contributed by atoms with Crippen LogP contribution in [0.3, 0.4) is 0 Å². The number of sulfonamides is 1. The molecule has 10 heteroatoms. The van der Waals surface area contributed by atoms with Gasteiger partial charge in [0.1, 0.15) is 11.5 Å². The van der Waals surface area contributed by atoms with E-state index in [1.807, 2.05) is 6.07 Å². The third-order valence-electron chi connectivity index (χ3n) is 5.32. The van der Waals surface area contributed by atoms with Crippen LogP contribution in [0.2, 0.25) is 0 Å². The monoisotopic (exact) mass is 446 g/mol. The second-order valence-electron chi connectivity index (χ2n) is 7.58. The fourth-order valence-corrected chi connectivity index (χ4v) is 4.67. The molecule has 2 N–H and O–H groups in total. The van der Waals surface area contributed by atoms with E-state index in [1.165, 1.54) is 40.3 Å². The topological polar surface area (TPSA) is 105 Å². The number of benzene rings is 2. The maximum Gasteiger partial charge on any atom is 0.270 e. The lowest BCUT2D eigenvalue weighted by atomic mass is 10.0. The van der Waals surface area contributed by atoms with Crippen LogP contribution in [0.4, 0.5) is 10.1 Å². The molecule has 1 aliphatic carbocycles. The van der Waals surface area contributed by atoms with E-state index >= 15 is 0 Å². The lowest BCUT2D eigenvalue weighted by Crippen LogP contribution is -2.33. The van der Waals surface area contributed by atoms with Gasteiger partial charge in [0.05, 0.1) is 36.3 Å². The minimum absolute atomic E-state index is 0.0783. The highest BCUT2D eigenvalue weighted by atomic mass is 32.2. The van der Waals surface area contributed by atoms with Crippen molar-refractivity contribution in [2.75, 3.05) is 30.8 Å². The summed E-state index contributed by atoms with van der Waals surface area (Å²) in [6.07, 6.45) is 2.92. The minimum atomic E-state index is -3.64. The first-order valence-electron chi connectivity index (χ1n) is 9.88. The first-order valence-corrected chi connectivity index (χ1v) is 11.7. The van der Waals surface area contributed by atoms with Gasteiger partial charge in [0.2, 0.25) is 10.0 Å². The summed E-state index contributed by atoms with van der Waals surface area (Å²) in [6.45, 7) is -0.409. The summed E-state index contributed by atoms with van der Waals surface area (Å²) in [7, 11) is -2.13. The molecular weight excluding hydrogens is 423 g/mol. The third kappa shape index (κ3) is 4.00. The minimum Gasteiger partial charge on any atom is -0.394 e. The van der Waals surface area contributed by atoms with Gasteiger partial charge in [-0.25, -0.2) is 17.5 Å². The van der Waals surface area contributed by atoms with Crippen LogP contribution in [0.1, 0.15) is 34.8 Å². The molecule has 3 aromatic rings. The Morgan fingerprint density at radius 2 is 1.97 bits per heavy atom. The first kappa shape index (κ1) is 21.3. The van der Waals surface area contributed by atoms with Crippen molar-refractivity contribution in [2.24, 2.45) is 0 Å². The predicted octanol–water partition coefficient (Wildman–Crippen LogP) is 2.16. The number of halogens is 1. The van der Waals surface area contributed by atoms with Crippen LogP contribution >= 0.6 is 0 Å². The molecule has 1 amide bonds. The van der Waals surface area contributed by atoms with Crippen LogP contribution in [-0.2, 0) is 10.0 Å². The molecule has 1 fully saturated rings. The molecule has 164 valence electrons. The number of aromatic nitrogens is 2. The number of anilines is 1. The van der Waals surface area contributed by atoms with E-state index in [2.05, 4.69) is 10.4 Å². The molecule has 0 unspecified atom stereocenters. The van der Waals surface area contributed by atoms with Crippen LogP contribution in [-0.4, -0.2) is 55.7 Å². The van der Waals surface area contributed by atoms with Gasteiger partial charge in [-0.1, -0.05) is 0 Å². The first-order chi connectivity index (χ1) is 14.7. The molecule has 31 heavy (non-hydrogen) atoms. The summed E-state index contributed by atoms with van der Waals surface area (Å²) in [5.74, 6) is -0.598. The van der Waals surface area contributed by atoms with E-state index in [1.54, 1.807) is 6.07 Å². The van der Waals surface area contributed by atoms with E-state index in [-0.39, 0.29) is 30.7 Å². The van der Waals surface area contributed by atoms with Crippen molar-refractivity contribution < 1.29 is 22.7 Å². The lowest BCUT2D eigenvalue weighted by Gasteiger charge is -2.24. The Kier molecular flexibility index (Phi) is 5.44. The Balaban J connectivity index is 2.00. The number of aliphatic hydroxyl groups excluding tert-OH is 1. The van der Waals surface area contributed by atoms with Gasteiger partial charge in [0, 0.05) is 12.4 Å². The molecule has 0 aliphatic heterocycles. The van der Waals surface area contributed by atoms with Crippen molar-refractivity contribution in [3.8, 4) is 5.69 Å². The molecule has 1 saturated carbocycles. The van der Waals surface area contributed by atoms with Crippen molar-refractivity contribution in [2.45, 2.75) is 18.8 Å². The van der Waals surface area contributed by atoms with Crippen molar-refractivity contribution in [3.05, 3.63) is 53.5 Å². The number of amides is 1. The number of nitrogens with zero attached hydrogens (tertiary/aromatic N) is 3. The quantitative estimate of drug-likeness (QED) is 0.579. The van der Waals surface area contributed by atoms with Crippen molar-refractivity contribution in [1.82, 2.24) is 15.1 Å². The van der Waals surface area contributed by atoms with E-state index in [9.17, 15) is 22.7 Å². The summed E-state index contributed by atoms with van der Waals surface area (Å²) < 4.78 is 40.9. The normalized spacial score (nSPS) is 14.1. The van der Waals surface area contributed by atoms with E-state index in [0.717, 1.165) is 24.7 Å². The number of carbonyl (C=O) groups is 1. The maximum absolute atomic E-state index is 13.4. The van der Waals surface area contributed by atoms with Gasteiger partial charge in [0.25, 0.3) is 5.91 Å². The summed E-state index contributed by atoms with van der Waals surface area (Å²) in [4.78, 5) is 12.7. The average molecular weight is 447 g/mol. The number of carbonyl (C=O) groups excluding carboxylic acids is 1. The highest BCUT2D eigenvalue weighted by molar-refractivity contribution is 7.92. The van der Waals surface area contributed by atoms with Gasteiger partial charge in [-0.3, -0.25) is 9.10 Å². The van der Waals surface area contributed by atoms with Crippen molar-refractivity contribution in [3.63, 3.8) is 0 Å². The Morgan fingerprint density at radius 3 is 2.52 bits per heavy atom. The zero-order chi connectivity index (χ0) is 22.3.